The number of aryl methyl sites for hydroxylation is 1. The number of esters is 1. The van der Waals surface area contributed by atoms with Crippen molar-refractivity contribution in [1.29, 1.82) is 0 Å². The maximum absolute atomic E-state index is 14.7. The molecule has 0 bridgehead atoms. The average molecular weight is 547 g/mol. The number of aromatic hydroxyl groups is 1. The summed E-state index contributed by atoms with van der Waals surface area (Å²) in [4.78, 5) is 12.6. The van der Waals surface area contributed by atoms with Gasteiger partial charge in [0.15, 0.2) is 34.8 Å². The SMILES string of the molecule is C/C=C/CCc1ccc(C2=CCC(OC(=O)c3ccc(-c4ccc(O)c(F)c4F)c(F)c3F)CC2)c(F)c1F. The zero-order chi connectivity index (χ0) is 28.3. The van der Waals surface area contributed by atoms with Crippen molar-refractivity contribution >= 4 is 11.5 Å². The van der Waals surface area contributed by atoms with E-state index >= 15 is 0 Å². The predicted molar refractivity (Wildman–Crippen MR) is 134 cm³/mol. The molecule has 0 saturated heterocycles. The molecule has 204 valence electrons. The van der Waals surface area contributed by atoms with Gasteiger partial charge in [-0.1, -0.05) is 36.4 Å². The highest BCUT2D eigenvalue weighted by molar-refractivity contribution is 5.90. The van der Waals surface area contributed by atoms with Crippen LogP contribution in [0.3, 0.4) is 0 Å². The van der Waals surface area contributed by atoms with Crippen LogP contribution in [0.15, 0.2) is 54.6 Å². The van der Waals surface area contributed by atoms with Crippen molar-refractivity contribution < 1.29 is 41.0 Å². The van der Waals surface area contributed by atoms with Gasteiger partial charge in [-0.15, -0.1) is 0 Å². The molecule has 1 aliphatic carbocycles. The van der Waals surface area contributed by atoms with Gasteiger partial charge < -0.3 is 9.84 Å². The van der Waals surface area contributed by atoms with Crippen LogP contribution >= 0.6 is 0 Å². The molecule has 0 amide bonds. The Morgan fingerprint density at radius 1 is 0.872 bits per heavy atom. The molecule has 0 aliphatic heterocycles. The highest BCUT2D eigenvalue weighted by Crippen LogP contribution is 2.34. The third kappa shape index (κ3) is 5.72. The van der Waals surface area contributed by atoms with Crippen molar-refractivity contribution in [3.63, 3.8) is 0 Å². The van der Waals surface area contributed by atoms with E-state index in [2.05, 4.69) is 0 Å². The van der Waals surface area contributed by atoms with Gasteiger partial charge in [-0.2, -0.15) is 4.39 Å². The maximum atomic E-state index is 14.7. The van der Waals surface area contributed by atoms with Gasteiger partial charge >= 0.3 is 5.97 Å². The molecule has 0 saturated carbocycles. The first-order valence-electron chi connectivity index (χ1n) is 12.3. The average Bonchev–Trinajstić information content (AvgIpc) is 2.92. The Balaban J connectivity index is 1.46. The Bertz CT molecular complexity index is 1480. The van der Waals surface area contributed by atoms with E-state index in [9.17, 15) is 36.2 Å². The summed E-state index contributed by atoms with van der Waals surface area (Å²) in [6, 6.07) is 6.52. The van der Waals surface area contributed by atoms with Gasteiger partial charge in [-0.05, 0) is 61.9 Å². The Morgan fingerprint density at radius 3 is 2.18 bits per heavy atom. The lowest BCUT2D eigenvalue weighted by Crippen LogP contribution is -2.21. The molecule has 9 heteroatoms. The van der Waals surface area contributed by atoms with Gasteiger partial charge in [0, 0.05) is 23.1 Å². The van der Waals surface area contributed by atoms with Crippen LogP contribution < -0.4 is 0 Å². The summed E-state index contributed by atoms with van der Waals surface area (Å²) in [6.07, 6.45) is 6.17. The fourth-order valence-corrected chi connectivity index (χ4v) is 4.48. The van der Waals surface area contributed by atoms with Crippen LogP contribution in [0.25, 0.3) is 16.7 Å². The lowest BCUT2D eigenvalue weighted by molar-refractivity contribution is 0.0279. The minimum Gasteiger partial charge on any atom is -0.505 e. The molecule has 1 aliphatic rings. The molecule has 0 spiro atoms. The fourth-order valence-electron chi connectivity index (χ4n) is 4.48. The number of phenolic OH excluding ortho intramolecular Hbond substituents is 1. The van der Waals surface area contributed by atoms with E-state index in [1.807, 2.05) is 19.1 Å². The number of rotatable bonds is 7. The van der Waals surface area contributed by atoms with Gasteiger partial charge in [0.25, 0.3) is 0 Å². The first kappa shape index (κ1) is 28.0. The fraction of sp³-hybridized carbons (Fsp3) is 0.233. The predicted octanol–water partition coefficient (Wildman–Crippen LogP) is 8.20. The molecule has 3 nitrogen and oxygen atoms in total. The van der Waals surface area contributed by atoms with Crippen LogP contribution in [0.1, 0.15) is 54.1 Å². The maximum Gasteiger partial charge on any atom is 0.341 e. The summed E-state index contributed by atoms with van der Waals surface area (Å²) < 4.78 is 91.8. The van der Waals surface area contributed by atoms with Crippen molar-refractivity contribution in [1.82, 2.24) is 0 Å². The van der Waals surface area contributed by atoms with Crippen molar-refractivity contribution in [3.05, 3.63) is 106 Å². The Hall–Kier alpha value is -4.01. The second-order valence-corrected chi connectivity index (χ2v) is 9.09. The monoisotopic (exact) mass is 546 g/mol. The lowest BCUT2D eigenvalue weighted by atomic mass is 9.90. The number of carbonyl (C=O) groups excluding carboxylic acids is 1. The number of allylic oxidation sites excluding steroid dienone is 3. The number of hydrogen-bond acceptors (Lipinski definition) is 3. The van der Waals surface area contributed by atoms with Crippen molar-refractivity contribution in [2.45, 2.75) is 45.1 Å². The molecule has 39 heavy (non-hydrogen) atoms. The van der Waals surface area contributed by atoms with Crippen LogP contribution in [-0.4, -0.2) is 17.2 Å². The standard InChI is InChI=1S/C30H24F6O3/c1-2-3-4-5-17-8-11-19(25(32)24(17)31)16-6-9-18(10-7-16)39-30(38)22-13-12-20(26(33)28(22)35)21-14-15-23(37)29(36)27(21)34/h2-3,6,8,11-15,18,37H,4-5,7,9-10H2,1H3/b3-2+. The van der Waals surface area contributed by atoms with Crippen LogP contribution in [0, 0.1) is 34.9 Å². The molecule has 0 radical (unpaired) electrons. The van der Waals surface area contributed by atoms with E-state index < -0.39 is 69.4 Å². The Labute approximate surface area is 221 Å². The topological polar surface area (TPSA) is 46.5 Å². The highest BCUT2D eigenvalue weighted by Gasteiger charge is 2.27. The van der Waals surface area contributed by atoms with Gasteiger partial charge in [0.1, 0.15) is 6.10 Å². The minimum absolute atomic E-state index is 0.119. The number of benzene rings is 3. The molecule has 0 fully saturated rings. The van der Waals surface area contributed by atoms with E-state index in [0.717, 1.165) is 24.3 Å². The van der Waals surface area contributed by atoms with Crippen LogP contribution in [0.2, 0.25) is 0 Å². The van der Waals surface area contributed by atoms with Crippen LogP contribution in [0.5, 0.6) is 5.75 Å². The zero-order valence-corrected chi connectivity index (χ0v) is 20.8. The normalized spacial score (nSPS) is 15.5. The number of hydrogen-bond donors (Lipinski definition) is 1. The van der Waals surface area contributed by atoms with E-state index in [1.54, 1.807) is 12.1 Å². The summed E-state index contributed by atoms with van der Waals surface area (Å²) in [6.45, 7) is 1.84. The molecular formula is C30H24F6O3. The van der Waals surface area contributed by atoms with Gasteiger partial charge in [-0.25, -0.2) is 26.7 Å². The third-order valence-corrected chi connectivity index (χ3v) is 6.62. The Kier molecular flexibility index (Phi) is 8.47. The van der Waals surface area contributed by atoms with E-state index in [1.165, 1.54) is 6.07 Å². The third-order valence-electron chi connectivity index (χ3n) is 6.62. The van der Waals surface area contributed by atoms with Crippen LogP contribution in [0.4, 0.5) is 26.3 Å². The first-order chi connectivity index (χ1) is 18.6. The quantitative estimate of drug-likeness (QED) is 0.185. The lowest BCUT2D eigenvalue weighted by Gasteiger charge is -2.23. The Morgan fingerprint density at radius 2 is 1.51 bits per heavy atom. The largest absolute Gasteiger partial charge is 0.505 e. The number of halogens is 6. The molecule has 3 aromatic rings. The number of ether oxygens (including phenoxy) is 1. The van der Waals surface area contributed by atoms with Gasteiger partial charge in [-0.3, -0.25) is 0 Å². The molecular weight excluding hydrogens is 522 g/mol. The smallest absolute Gasteiger partial charge is 0.341 e. The zero-order valence-electron chi connectivity index (χ0n) is 20.8. The molecule has 3 aromatic carbocycles. The van der Waals surface area contributed by atoms with Crippen LogP contribution in [-0.2, 0) is 11.2 Å². The van der Waals surface area contributed by atoms with Crippen molar-refractivity contribution in [3.8, 4) is 16.9 Å². The van der Waals surface area contributed by atoms with Gasteiger partial charge in [0.05, 0.1) is 5.56 Å². The number of carbonyl (C=O) groups is 1. The molecule has 0 aromatic heterocycles. The number of phenols is 1. The summed E-state index contributed by atoms with van der Waals surface area (Å²) in [5, 5.41) is 9.24. The van der Waals surface area contributed by atoms with Gasteiger partial charge in [0.2, 0.25) is 5.82 Å². The highest BCUT2D eigenvalue weighted by atomic mass is 19.2. The second-order valence-electron chi connectivity index (χ2n) is 9.09. The molecule has 1 atom stereocenters. The summed E-state index contributed by atoms with van der Waals surface area (Å²) in [5.74, 6) is -10.4. The van der Waals surface area contributed by atoms with E-state index in [-0.39, 0.29) is 30.4 Å². The van der Waals surface area contributed by atoms with E-state index in [4.69, 9.17) is 4.74 Å². The summed E-state index contributed by atoms with van der Waals surface area (Å²) in [7, 11) is 0. The molecule has 4 rings (SSSR count). The molecule has 1 unspecified atom stereocenters. The van der Waals surface area contributed by atoms with Crippen molar-refractivity contribution in [2.75, 3.05) is 0 Å². The summed E-state index contributed by atoms with van der Waals surface area (Å²) >= 11 is 0. The minimum atomic E-state index is -1.62. The summed E-state index contributed by atoms with van der Waals surface area (Å²) in [5.41, 5.74) is -1.09. The van der Waals surface area contributed by atoms with Crippen molar-refractivity contribution in [2.24, 2.45) is 0 Å². The second kappa shape index (κ2) is 11.8. The van der Waals surface area contributed by atoms with E-state index in [0.29, 0.717) is 18.4 Å². The molecule has 0 heterocycles. The first-order valence-corrected chi connectivity index (χ1v) is 12.3. The molecule has 1 N–H and O–H groups in total.